The molecule has 22 heavy (non-hydrogen) atoms. The third-order valence-electron chi connectivity index (χ3n) is 2.53. The minimum Gasteiger partial charge on any atom is -0.479 e. The molecule has 1 atom stereocenters. The average Bonchev–Trinajstić information content (AvgIpc) is 2.87. The number of thiophene rings is 1. The van der Waals surface area contributed by atoms with Crippen LogP contribution in [0, 0.1) is 0 Å². The molecule has 8 heteroatoms. The summed E-state index contributed by atoms with van der Waals surface area (Å²) in [5, 5.41) is 4.68. The molecule has 4 nitrogen and oxygen atoms in total. The molecule has 0 aliphatic carbocycles. The molecular formula is C14H11Cl3N2O2S. The van der Waals surface area contributed by atoms with Gasteiger partial charge in [0.25, 0.3) is 5.91 Å². The van der Waals surface area contributed by atoms with E-state index in [0.29, 0.717) is 20.1 Å². The molecule has 1 aromatic carbocycles. The Morgan fingerprint density at radius 3 is 2.73 bits per heavy atom. The zero-order chi connectivity index (χ0) is 16.1. The molecule has 0 spiro atoms. The van der Waals surface area contributed by atoms with Crippen LogP contribution in [0.5, 0.6) is 5.75 Å². The highest BCUT2D eigenvalue weighted by molar-refractivity contribution is 7.17. The van der Waals surface area contributed by atoms with Crippen LogP contribution in [0.4, 0.5) is 0 Å². The second-order valence-electron chi connectivity index (χ2n) is 4.21. The molecule has 0 fully saturated rings. The van der Waals surface area contributed by atoms with E-state index < -0.39 is 12.0 Å². The van der Waals surface area contributed by atoms with Crippen molar-refractivity contribution in [3.8, 4) is 5.75 Å². The Balaban J connectivity index is 1.90. The molecule has 2 rings (SSSR count). The van der Waals surface area contributed by atoms with E-state index in [1.54, 1.807) is 37.3 Å². The Bertz CT molecular complexity index is 703. The van der Waals surface area contributed by atoms with Gasteiger partial charge in [-0.3, -0.25) is 4.79 Å². The summed E-state index contributed by atoms with van der Waals surface area (Å²) in [6.07, 6.45) is 0.749. The highest BCUT2D eigenvalue weighted by Gasteiger charge is 2.15. The lowest BCUT2D eigenvalue weighted by molar-refractivity contribution is -0.127. The summed E-state index contributed by atoms with van der Waals surface area (Å²) in [4.78, 5) is 12.7. The van der Waals surface area contributed by atoms with E-state index in [2.05, 4.69) is 10.5 Å². The number of carbonyl (C=O) groups is 1. The van der Waals surface area contributed by atoms with Gasteiger partial charge in [-0.1, -0.05) is 34.8 Å². The molecule has 2 aromatic rings. The zero-order valence-corrected chi connectivity index (χ0v) is 14.4. The second-order valence-corrected chi connectivity index (χ2v) is 6.80. The number of rotatable bonds is 5. The van der Waals surface area contributed by atoms with Gasteiger partial charge in [0.2, 0.25) is 0 Å². The molecule has 116 valence electrons. The summed E-state index contributed by atoms with van der Waals surface area (Å²) in [5.41, 5.74) is 2.39. The molecule has 0 saturated carbocycles. The number of ether oxygens (including phenoxy) is 1. The summed E-state index contributed by atoms with van der Waals surface area (Å²) >= 11 is 18.9. The van der Waals surface area contributed by atoms with Crippen molar-refractivity contribution >= 4 is 58.3 Å². The fourth-order valence-electron chi connectivity index (χ4n) is 1.46. The predicted molar refractivity (Wildman–Crippen MR) is 91.6 cm³/mol. The van der Waals surface area contributed by atoms with Crippen LogP contribution in [0.15, 0.2) is 35.4 Å². The molecule has 1 heterocycles. The van der Waals surface area contributed by atoms with Crippen LogP contribution >= 0.6 is 46.1 Å². The van der Waals surface area contributed by atoms with Gasteiger partial charge in [0.05, 0.1) is 15.6 Å². The fourth-order valence-corrected chi connectivity index (χ4v) is 2.85. The minimum absolute atomic E-state index is 0.337. The Kier molecular flexibility index (Phi) is 6.08. The molecule has 1 N–H and O–H groups in total. The smallest absolute Gasteiger partial charge is 0.280 e. The van der Waals surface area contributed by atoms with Gasteiger partial charge in [0.15, 0.2) is 6.10 Å². The van der Waals surface area contributed by atoms with Crippen LogP contribution in [0.3, 0.4) is 0 Å². The SMILES string of the molecule is CC(Oc1ccc(Cl)cc1Cl)C(=O)NN=Cc1ccc(Cl)s1. The fraction of sp³-hybridized carbons (Fsp3) is 0.143. The molecule has 1 unspecified atom stereocenters. The maximum Gasteiger partial charge on any atom is 0.280 e. The molecule has 1 aromatic heterocycles. The number of benzene rings is 1. The second kappa shape index (κ2) is 7.83. The van der Waals surface area contributed by atoms with E-state index in [0.717, 1.165) is 4.88 Å². The Morgan fingerprint density at radius 2 is 2.09 bits per heavy atom. The first-order chi connectivity index (χ1) is 10.5. The first-order valence-corrected chi connectivity index (χ1v) is 8.10. The topological polar surface area (TPSA) is 50.7 Å². The highest BCUT2D eigenvalue weighted by atomic mass is 35.5. The summed E-state index contributed by atoms with van der Waals surface area (Å²) < 4.78 is 6.13. The maximum atomic E-state index is 11.9. The Hall–Kier alpha value is -1.27. The van der Waals surface area contributed by atoms with Crippen molar-refractivity contribution < 1.29 is 9.53 Å². The van der Waals surface area contributed by atoms with Gasteiger partial charge < -0.3 is 4.74 Å². The van der Waals surface area contributed by atoms with E-state index in [1.807, 2.05) is 0 Å². The van der Waals surface area contributed by atoms with Gasteiger partial charge in [-0.2, -0.15) is 5.10 Å². The average molecular weight is 378 g/mol. The van der Waals surface area contributed by atoms with E-state index in [9.17, 15) is 4.79 Å². The van der Waals surface area contributed by atoms with Crippen molar-refractivity contribution in [2.24, 2.45) is 5.10 Å². The van der Waals surface area contributed by atoms with Gasteiger partial charge in [0.1, 0.15) is 5.75 Å². The molecule has 0 bridgehead atoms. The van der Waals surface area contributed by atoms with Crippen molar-refractivity contribution in [1.29, 1.82) is 0 Å². The van der Waals surface area contributed by atoms with Gasteiger partial charge >= 0.3 is 0 Å². The van der Waals surface area contributed by atoms with Crippen LogP contribution in [0.2, 0.25) is 14.4 Å². The van der Waals surface area contributed by atoms with E-state index in [-0.39, 0.29) is 0 Å². The van der Waals surface area contributed by atoms with Crippen LogP contribution in [0.25, 0.3) is 0 Å². The first-order valence-electron chi connectivity index (χ1n) is 6.15. The minimum atomic E-state index is -0.761. The number of amides is 1. The highest BCUT2D eigenvalue weighted by Crippen LogP contribution is 2.28. The lowest BCUT2D eigenvalue weighted by Gasteiger charge is -2.14. The van der Waals surface area contributed by atoms with Gasteiger partial charge in [-0.15, -0.1) is 11.3 Å². The number of hydrogen-bond donors (Lipinski definition) is 1. The number of nitrogens with one attached hydrogen (secondary N) is 1. The van der Waals surface area contributed by atoms with Crippen LogP contribution in [-0.4, -0.2) is 18.2 Å². The Morgan fingerprint density at radius 1 is 1.32 bits per heavy atom. The standard InChI is InChI=1S/C14H11Cl3N2O2S/c1-8(21-12-4-2-9(15)6-11(12)16)14(20)19-18-7-10-3-5-13(17)22-10/h2-8H,1H3,(H,19,20). The summed E-state index contributed by atoms with van der Waals surface area (Å²) in [5.74, 6) is -0.0207. The quantitative estimate of drug-likeness (QED) is 0.610. The molecule has 0 saturated heterocycles. The van der Waals surface area contributed by atoms with E-state index >= 15 is 0 Å². The van der Waals surface area contributed by atoms with E-state index in [1.165, 1.54) is 17.6 Å². The summed E-state index contributed by atoms with van der Waals surface area (Å²) in [7, 11) is 0. The lowest BCUT2D eigenvalue weighted by atomic mass is 10.3. The third-order valence-corrected chi connectivity index (χ3v) is 4.22. The normalized spacial score (nSPS) is 12.4. The van der Waals surface area contributed by atoms with Gasteiger partial charge in [0, 0.05) is 9.90 Å². The van der Waals surface area contributed by atoms with Crippen LogP contribution < -0.4 is 10.2 Å². The van der Waals surface area contributed by atoms with Crippen molar-refractivity contribution in [3.05, 3.63) is 49.6 Å². The monoisotopic (exact) mass is 376 g/mol. The van der Waals surface area contributed by atoms with E-state index in [4.69, 9.17) is 39.5 Å². The number of hydrazone groups is 1. The molecule has 1 amide bonds. The van der Waals surface area contributed by atoms with Gasteiger partial charge in [-0.05, 0) is 37.3 Å². The zero-order valence-electron chi connectivity index (χ0n) is 11.3. The van der Waals surface area contributed by atoms with Crippen LogP contribution in [-0.2, 0) is 4.79 Å². The number of hydrogen-bond acceptors (Lipinski definition) is 4. The van der Waals surface area contributed by atoms with Crippen molar-refractivity contribution in [1.82, 2.24) is 5.43 Å². The lowest BCUT2D eigenvalue weighted by Crippen LogP contribution is -2.33. The maximum absolute atomic E-state index is 11.9. The third kappa shape index (κ3) is 4.88. The summed E-state index contributed by atoms with van der Waals surface area (Å²) in [6.45, 7) is 1.60. The number of halogens is 3. The van der Waals surface area contributed by atoms with Crippen molar-refractivity contribution in [3.63, 3.8) is 0 Å². The molecule has 0 aliphatic rings. The first kappa shape index (κ1) is 17.1. The summed E-state index contributed by atoms with van der Waals surface area (Å²) in [6, 6.07) is 8.33. The predicted octanol–water partition coefficient (Wildman–Crippen LogP) is 4.63. The molecular weight excluding hydrogens is 367 g/mol. The largest absolute Gasteiger partial charge is 0.479 e. The van der Waals surface area contributed by atoms with Crippen molar-refractivity contribution in [2.75, 3.05) is 0 Å². The van der Waals surface area contributed by atoms with Crippen molar-refractivity contribution in [2.45, 2.75) is 13.0 Å². The molecule has 0 aliphatic heterocycles. The number of nitrogens with zero attached hydrogens (tertiary/aromatic N) is 1. The number of carbonyl (C=O) groups excluding carboxylic acids is 1. The van der Waals surface area contributed by atoms with Crippen LogP contribution in [0.1, 0.15) is 11.8 Å². The van der Waals surface area contributed by atoms with Gasteiger partial charge in [-0.25, -0.2) is 5.43 Å². The Labute approximate surface area is 146 Å². The molecule has 0 radical (unpaired) electrons.